The summed E-state index contributed by atoms with van der Waals surface area (Å²) >= 11 is 0. The van der Waals surface area contributed by atoms with Crippen LogP contribution in [0.15, 0.2) is 132 Å². The van der Waals surface area contributed by atoms with E-state index in [-0.39, 0.29) is 5.41 Å². The molecule has 4 saturated carbocycles. The molecule has 0 N–H and O–H groups in total. The number of hydrogen-bond donors (Lipinski definition) is 0. The van der Waals surface area contributed by atoms with Crippen LogP contribution in [0.3, 0.4) is 0 Å². The molecule has 4 nitrogen and oxygen atoms in total. The second-order valence-corrected chi connectivity index (χ2v) is 15.6. The Bertz CT molecular complexity index is 2700. The van der Waals surface area contributed by atoms with E-state index in [0.29, 0.717) is 29.3 Å². The van der Waals surface area contributed by atoms with Crippen LogP contribution in [-0.4, -0.2) is 15.0 Å². The van der Waals surface area contributed by atoms with Crippen molar-refractivity contribution in [2.24, 2.45) is 23.7 Å². The Hall–Kier alpha value is -5.61. The second kappa shape index (κ2) is 10.2. The van der Waals surface area contributed by atoms with Crippen LogP contribution in [0.4, 0.5) is 0 Å². The van der Waals surface area contributed by atoms with Crippen molar-refractivity contribution in [1.29, 1.82) is 0 Å². The molecule has 4 fully saturated rings. The fraction of sp³-hybridized carbons (Fsp3) is 0.213. The quantitative estimate of drug-likeness (QED) is 0.190. The molecule has 8 aromatic rings. The summed E-state index contributed by atoms with van der Waals surface area (Å²) in [5.41, 5.74) is 10.7. The van der Waals surface area contributed by atoms with Crippen LogP contribution in [0.1, 0.15) is 43.2 Å². The lowest BCUT2D eigenvalue weighted by Crippen LogP contribution is -2.55. The highest BCUT2D eigenvalue weighted by Crippen LogP contribution is 2.70. The van der Waals surface area contributed by atoms with Crippen LogP contribution in [0, 0.1) is 23.7 Å². The molecule has 0 unspecified atom stereocenters. The third-order valence-electron chi connectivity index (χ3n) is 13.1. The first kappa shape index (κ1) is 28.1. The molecule has 13 rings (SSSR count). The molecular weight excluding hydrogens is 623 g/mol. The Balaban J connectivity index is 1.08. The van der Waals surface area contributed by atoms with E-state index < -0.39 is 0 Å². The molecule has 0 radical (unpaired) electrons. The molecule has 0 atom stereocenters. The number of hydrogen-bond acceptors (Lipinski definition) is 4. The molecule has 2 aromatic heterocycles. The first-order valence-corrected chi connectivity index (χ1v) is 18.6. The predicted octanol–water partition coefficient (Wildman–Crippen LogP) is 11.6. The number of fused-ring (bicyclic) bond motifs is 8. The largest absolute Gasteiger partial charge is 0.456 e. The Labute approximate surface area is 296 Å². The maximum Gasteiger partial charge on any atom is 0.164 e. The number of para-hydroxylation sites is 1. The van der Waals surface area contributed by atoms with Gasteiger partial charge in [-0.3, -0.25) is 0 Å². The zero-order valence-electron chi connectivity index (χ0n) is 28.2. The third kappa shape index (κ3) is 3.88. The van der Waals surface area contributed by atoms with Crippen molar-refractivity contribution in [3.63, 3.8) is 0 Å². The number of nitrogens with zero attached hydrogens (tertiary/aromatic N) is 3. The smallest absolute Gasteiger partial charge is 0.164 e. The predicted molar refractivity (Wildman–Crippen MR) is 204 cm³/mol. The molecule has 5 aliphatic rings. The van der Waals surface area contributed by atoms with Crippen molar-refractivity contribution in [1.82, 2.24) is 15.0 Å². The number of furan rings is 1. The van der Waals surface area contributed by atoms with Crippen LogP contribution in [0.2, 0.25) is 0 Å². The normalized spacial score (nSPS) is 24.2. The van der Waals surface area contributed by atoms with E-state index in [2.05, 4.69) is 97.1 Å². The van der Waals surface area contributed by atoms with Crippen molar-refractivity contribution in [2.75, 3.05) is 0 Å². The third-order valence-corrected chi connectivity index (χ3v) is 13.1. The van der Waals surface area contributed by atoms with Gasteiger partial charge in [0.2, 0.25) is 0 Å². The summed E-state index contributed by atoms with van der Waals surface area (Å²) in [5.74, 6) is 5.17. The first-order valence-electron chi connectivity index (χ1n) is 18.6. The summed E-state index contributed by atoms with van der Waals surface area (Å²) in [7, 11) is 0. The lowest BCUT2D eigenvalue weighted by Gasteiger charge is -2.61. The molecular formula is C47H35N3O. The van der Waals surface area contributed by atoms with Crippen LogP contribution in [0.5, 0.6) is 0 Å². The monoisotopic (exact) mass is 657 g/mol. The summed E-state index contributed by atoms with van der Waals surface area (Å²) in [6.45, 7) is 0. The van der Waals surface area contributed by atoms with Crippen molar-refractivity contribution in [3.05, 3.63) is 139 Å². The van der Waals surface area contributed by atoms with E-state index in [1.807, 2.05) is 30.3 Å². The average Bonchev–Trinajstić information content (AvgIpc) is 3.70. The van der Waals surface area contributed by atoms with E-state index in [1.165, 1.54) is 59.6 Å². The van der Waals surface area contributed by atoms with Gasteiger partial charge in [-0.15, -0.1) is 0 Å². The Morgan fingerprint density at radius 1 is 0.471 bits per heavy atom. The Morgan fingerprint density at radius 3 is 1.88 bits per heavy atom. The lowest BCUT2D eigenvalue weighted by molar-refractivity contribution is -0.0399. The van der Waals surface area contributed by atoms with Gasteiger partial charge >= 0.3 is 0 Å². The van der Waals surface area contributed by atoms with E-state index in [1.54, 1.807) is 5.56 Å². The van der Waals surface area contributed by atoms with Gasteiger partial charge < -0.3 is 4.42 Å². The lowest BCUT2D eigenvalue weighted by atomic mass is 9.43. The number of aromatic nitrogens is 3. The minimum Gasteiger partial charge on any atom is -0.456 e. The number of benzene rings is 6. The van der Waals surface area contributed by atoms with Gasteiger partial charge in [0, 0.05) is 32.9 Å². The fourth-order valence-corrected chi connectivity index (χ4v) is 11.3. The molecule has 2 heterocycles. The van der Waals surface area contributed by atoms with Gasteiger partial charge in [0.05, 0.1) is 0 Å². The molecule has 1 spiro atoms. The molecule has 4 bridgehead atoms. The molecule has 0 amide bonds. The summed E-state index contributed by atoms with van der Waals surface area (Å²) < 4.78 is 6.30. The standard InChI is InChI=1S/C47H35N3O/c1-2-9-30(10-3-1)44-48-45(50-46(49-44)32-14-17-37-36-12-6-7-13-41(36)51-42(37)26-32)31-15-18-38-40(25-31)47(33-21-27-20-28(23-33)24-34(47)22-27)39-19-16-29-8-4-5-11-35(29)43(38)39/h1-19,25-28,33-34H,20-24H2. The van der Waals surface area contributed by atoms with E-state index in [4.69, 9.17) is 19.4 Å². The van der Waals surface area contributed by atoms with Gasteiger partial charge in [-0.1, -0.05) is 103 Å². The molecule has 5 aliphatic carbocycles. The minimum atomic E-state index is 0.0442. The summed E-state index contributed by atoms with van der Waals surface area (Å²) in [6, 6.07) is 45.8. The van der Waals surface area contributed by atoms with Gasteiger partial charge in [0.15, 0.2) is 17.5 Å². The van der Waals surface area contributed by atoms with Crippen molar-refractivity contribution < 1.29 is 4.42 Å². The van der Waals surface area contributed by atoms with Crippen LogP contribution >= 0.6 is 0 Å². The molecule has 4 heteroatoms. The molecule has 0 saturated heterocycles. The summed E-state index contributed by atoms with van der Waals surface area (Å²) in [5, 5.41) is 4.91. The van der Waals surface area contributed by atoms with Gasteiger partial charge in [-0.25, -0.2) is 15.0 Å². The maximum absolute atomic E-state index is 6.30. The molecule has 6 aromatic carbocycles. The Morgan fingerprint density at radius 2 is 1.10 bits per heavy atom. The zero-order chi connectivity index (χ0) is 33.3. The highest BCUT2D eigenvalue weighted by atomic mass is 16.3. The van der Waals surface area contributed by atoms with Gasteiger partial charge in [-0.2, -0.15) is 0 Å². The van der Waals surface area contributed by atoms with Gasteiger partial charge in [0.25, 0.3) is 0 Å². The van der Waals surface area contributed by atoms with E-state index >= 15 is 0 Å². The highest BCUT2D eigenvalue weighted by molar-refractivity contribution is 6.06. The summed E-state index contributed by atoms with van der Waals surface area (Å²) in [4.78, 5) is 15.5. The van der Waals surface area contributed by atoms with Crippen molar-refractivity contribution >= 4 is 32.7 Å². The van der Waals surface area contributed by atoms with E-state index in [0.717, 1.165) is 50.5 Å². The van der Waals surface area contributed by atoms with Gasteiger partial charge in [-0.05, 0) is 113 Å². The van der Waals surface area contributed by atoms with E-state index in [9.17, 15) is 0 Å². The van der Waals surface area contributed by atoms with Crippen molar-refractivity contribution in [3.8, 4) is 45.3 Å². The average molecular weight is 658 g/mol. The highest BCUT2D eigenvalue weighted by Gasteiger charge is 2.61. The first-order chi connectivity index (χ1) is 25.2. The fourth-order valence-electron chi connectivity index (χ4n) is 11.3. The second-order valence-electron chi connectivity index (χ2n) is 15.6. The topological polar surface area (TPSA) is 51.8 Å². The molecule has 0 aliphatic heterocycles. The molecule has 244 valence electrons. The van der Waals surface area contributed by atoms with Crippen LogP contribution < -0.4 is 0 Å². The maximum atomic E-state index is 6.30. The zero-order valence-corrected chi connectivity index (χ0v) is 28.2. The van der Waals surface area contributed by atoms with Crippen LogP contribution in [-0.2, 0) is 5.41 Å². The SMILES string of the molecule is c1ccc(-c2nc(-c3ccc4c(c3)C3(c5ccc6ccccc6c5-4)C4CC5CC(C4)CC3C5)nc(-c3ccc4c(c3)oc3ccccc34)n2)cc1. The van der Waals surface area contributed by atoms with Gasteiger partial charge in [0.1, 0.15) is 11.2 Å². The minimum absolute atomic E-state index is 0.0442. The molecule has 51 heavy (non-hydrogen) atoms. The number of rotatable bonds is 3. The van der Waals surface area contributed by atoms with Crippen molar-refractivity contribution in [2.45, 2.75) is 37.5 Å². The van der Waals surface area contributed by atoms with Crippen LogP contribution in [0.25, 0.3) is 78.0 Å². The summed E-state index contributed by atoms with van der Waals surface area (Å²) in [6.07, 6.45) is 6.83. The Kier molecular flexibility index (Phi) is 5.64.